The van der Waals surface area contributed by atoms with Crippen molar-refractivity contribution in [2.75, 3.05) is 5.32 Å². The van der Waals surface area contributed by atoms with Gasteiger partial charge in [-0.1, -0.05) is 46.9 Å². The number of halogens is 4. The van der Waals surface area contributed by atoms with Crippen molar-refractivity contribution in [3.63, 3.8) is 0 Å². The fraction of sp³-hybridized carbons (Fsp3) is 0.176. The lowest BCUT2D eigenvalue weighted by atomic mass is 9.86. The van der Waals surface area contributed by atoms with E-state index in [9.17, 15) is 4.79 Å². The Morgan fingerprint density at radius 1 is 1.08 bits per heavy atom. The summed E-state index contributed by atoms with van der Waals surface area (Å²) >= 11 is 23.6. The van der Waals surface area contributed by atoms with Crippen molar-refractivity contribution in [3.05, 3.63) is 63.1 Å². The highest BCUT2D eigenvalue weighted by Gasteiger charge is 2.30. The zero-order valence-corrected chi connectivity index (χ0v) is 15.7. The third-order valence-electron chi connectivity index (χ3n) is 3.59. The van der Waals surface area contributed by atoms with Gasteiger partial charge in [-0.3, -0.25) is 4.79 Å². The van der Waals surface area contributed by atoms with E-state index in [0.29, 0.717) is 20.8 Å². The molecular formula is C17H14Cl4N2O. The number of anilines is 1. The van der Waals surface area contributed by atoms with Crippen molar-refractivity contribution in [1.29, 1.82) is 5.41 Å². The molecule has 7 heteroatoms. The van der Waals surface area contributed by atoms with Crippen LogP contribution in [0.3, 0.4) is 0 Å². The molecule has 1 atom stereocenters. The Morgan fingerprint density at radius 2 is 1.67 bits per heavy atom. The van der Waals surface area contributed by atoms with Gasteiger partial charge < -0.3 is 10.7 Å². The minimum absolute atomic E-state index is 0.0793. The Balaban J connectivity index is 2.43. The average Bonchev–Trinajstić information content (AvgIpc) is 2.50. The largest absolute Gasteiger partial charge is 0.374 e. The van der Waals surface area contributed by atoms with Crippen LogP contribution < -0.4 is 5.32 Å². The summed E-state index contributed by atoms with van der Waals surface area (Å²) in [5, 5.41) is 11.9. The van der Waals surface area contributed by atoms with Crippen molar-refractivity contribution in [2.24, 2.45) is 0 Å². The molecule has 1 unspecified atom stereocenters. The van der Waals surface area contributed by atoms with E-state index >= 15 is 0 Å². The second-order valence-electron chi connectivity index (χ2n) is 5.52. The Morgan fingerprint density at radius 3 is 2.21 bits per heavy atom. The van der Waals surface area contributed by atoms with Gasteiger partial charge in [0, 0.05) is 16.5 Å². The summed E-state index contributed by atoms with van der Waals surface area (Å²) in [6.45, 7) is 1.86. The second kappa shape index (κ2) is 7.75. The number of rotatable bonds is 6. The van der Waals surface area contributed by atoms with Gasteiger partial charge in [-0.2, -0.15) is 0 Å². The van der Waals surface area contributed by atoms with E-state index in [1.807, 2.05) is 19.1 Å². The van der Waals surface area contributed by atoms with Crippen molar-refractivity contribution < 1.29 is 4.79 Å². The van der Waals surface area contributed by atoms with Gasteiger partial charge in [0.1, 0.15) is 0 Å². The predicted octanol–water partition coefficient (Wildman–Crippen LogP) is 6.15. The molecular weight excluding hydrogens is 390 g/mol. The summed E-state index contributed by atoms with van der Waals surface area (Å²) in [6.07, 6.45) is 0.0793. The van der Waals surface area contributed by atoms with Gasteiger partial charge >= 0.3 is 0 Å². The van der Waals surface area contributed by atoms with Gasteiger partial charge in [0.05, 0.1) is 22.0 Å². The molecule has 0 aromatic heterocycles. The van der Waals surface area contributed by atoms with Crippen LogP contribution in [0, 0.1) is 5.41 Å². The van der Waals surface area contributed by atoms with Crippen LogP contribution in [0.4, 0.5) is 5.69 Å². The first-order valence-electron chi connectivity index (χ1n) is 6.98. The molecule has 0 heterocycles. The molecule has 0 saturated carbocycles. The fourth-order valence-corrected chi connectivity index (χ4v) is 3.00. The van der Waals surface area contributed by atoms with E-state index < -0.39 is 10.8 Å². The van der Waals surface area contributed by atoms with Crippen LogP contribution in [-0.4, -0.2) is 11.0 Å². The van der Waals surface area contributed by atoms with Crippen molar-refractivity contribution >= 4 is 63.0 Å². The molecule has 0 aliphatic rings. The van der Waals surface area contributed by atoms with Gasteiger partial charge in [0.25, 0.3) is 5.24 Å². The van der Waals surface area contributed by atoms with Crippen LogP contribution in [0.2, 0.25) is 15.1 Å². The Bertz CT molecular complexity index is 777. The number of hydrogen-bond acceptors (Lipinski definition) is 3. The number of benzene rings is 2. The molecule has 0 fully saturated rings. The molecule has 2 aromatic carbocycles. The molecule has 126 valence electrons. The molecule has 0 amide bonds. The smallest absolute Gasteiger partial charge is 0.266 e. The first-order chi connectivity index (χ1) is 11.2. The Hall–Kier alpha value is -1.26. The highest BCUT2D eigenvalue weighted by Crippen LogP contribution is 2.35. The van der Waals surface area contributed by atoms with Crippen LogP contribution in [-0.2, 0) is 10.3 Å². The second-order valence-corrected chi connectivity index (χ2v) is 7.14. The lowest BCUT2D eigenvalue weighted by Crippen LogP contribution is -2.35. The first kappa shape index (κ1) is 19.1. The van der Waals surface area contributed by atoms with Crippen molar-refractivity contribution in [2.45, 2.75) is 18.9 Å². The standard InChI is InChI=1S/C17H14Cl4N2O/c1-17(9-14(22)16(21)24,10-2-4-11(18)5-3-10)23-15-7-6-12(19)8-13(15)20/h2-8,22-23H,9H2,1H3. The lowest BCUT2D eigenvalue weighted by molar-refractivity contribution is -0.106. The Labute approximate surface area is 160 Å². The lowest BCUT2D eigenvalue weighted by Gasteiger charge is -2.33. The molecule has 0 bridgehead atoms. The molecule has 2 aromatic rings. The molecule has 2 N–H and O–H groups in total. The maximum atomic E-state index is 11.3. The molecule has 0 aliphatic heterocycles. The summed E-state index contributed by atoms with van der Waals surface area (Å²) in [4.78, 5) is 11.3. The van der Waals surface area contributed by atoms with Gasteiger partial charge in [-0.15, -0.1) is 0 Å². The van der Waals surface area contributed by atoms with Gasteiger partial charge in [0.15, 0.2) is 0 Å². The first-order valence-corrected chi connectivity index (χ1v) is 8.49. The van der Waals surface area contributed by atoms with Crippen LogP contribution in [0.25, 0.3) is 0 Å². The maximum absolute atomic E-state index is 11.3. The maximum Gasteiger partial charge on any atom is 0.266 e. The van der Waals surface area contributed by atoms with E-state index in [0.717, 1.165) is 5.56 Å². The van der Waals surface area contributed by atoms with Crippen LogP contribution in [0.15, 0.2) is 42.5 Å². The topological polar surface area (TPSA) is 53.0 Å². The van der Waals surface area contributed by atoms with Gasteiger partial charge in [-0.25, -0.2) is 0 Å². The fourth-order valence-electron chi connectivity index (χ4n) is 2.35. The van der Waals surface area contributed by atoms with Crippen molar-refractivity contribution in [1.82, 2.24) is 0 Å². The third kappa shape index (κ3) is 4.64. The minimum atomic E-state index is -0.792. The summed E-state index contributed by atoms with van der Waals surface area (Å²) in [6, 6.07) is 12.2. The normalized spacial score (nSPS) is 13.2. The highest BCUT2D eigenvalue weighted by atomic mass is 35.5. The minimum Gasteiger partial charge on any atom is -0.374 e. The molecule has 0 saturated heterocycles. The number of carbonyl (C=O) groups excluding carboxylic acids is 1. The van der Waals surface area contributed by atoms with Crippen LogP contribution in [0.1, 0.15) is 18.9 Å². The summed E-state index contributed by atoms with van der Waals surface area (Å²) in [5.41, 5.74) is 0.476. The summed E-state index contributed by atoms with van der Waals surface area (Å²) in [5.74, 6) is 0. The van der Waals surface area contributed by atoms with Gasteiger partial charge in [-0.05, 0) is 54.4 Å². The monoisotopic (exact) mass is 402 g/mol. The van der Waals surface area contributed by atoms with Crippen LogP contribution >= 0.6 is 46.4 Å². The van der Waals surface area contributed by atoms with Gasteiger partial charge in [0.2, 0.25) is 0 Å². The van der Waals surface area contributed by atoms with E-state index in [1.54, 1.807) is 30.3 Å². The number of carbonyl (C=O) groups is 1. The average molecular weight is 404 g/mol. The van der Waals surface area contributed by atoms with E-state index in [-0.39, 0.29) is 12.1 Å². The summed E-state index contributed by atoms with van der Waals surface area (Å²) < 4.78 is 0. The predicted molar refractivity (Wildman–Crippen MR) is 102 cm³/mol. The van der Waals surface area contributed by atoms with E-state index in [1.165, 1.54) is 0 Å². The number of nitrogens with one attached hydrogen (secondary N) is 2. The highest BCUT2D eigenvalue weighted by molar-refractivity contribution is 6.81. The molecule has 3 nitrogen and oxygen atoms in total. The molecule has 2 rings (SSSR count). The quantitative estimate of drug-likeness (QED) is 0.448. The molecule has 24 heavy (non-hydrogen) atoms. The summed E-state index contributed by atoms with van der Waals surface area (Å²) in [7, 11) is 0. The van der Waals surface area contributed by atoms with E-state index in [4.69, 9.17) is 51.8 Å². The van der Waals surface area contributed by atoms with Crippen LogP contribution in [0.5, 0.6) is 0 Å². The molecule has 0 spiro atoms. The third-order valence-corrected chi connectivity index (χ3v) is 4.62. The Kier molecular flexibility index (Phi) is 6.16. The molecule has 0 radical (unpaired) electrons. The molecule has 0 aliphatic carbocycles. The zero-order chi connectivity index (χ0) is 17.9. The van der Waals surface area contributed by atoms with Crippen molar-refractivity contribution in [3.8, 4) is 0 Å². The SMILES string of the molecule is CC(CC(=N)C(=O)Cl)(Nc1ccc(Cl)cc1Cl)c1ccc(Cl)cc1. The number of hydrogen-bond donors (Lipinski definition) is 2. The zero-order valence-electron chi connectivity index (χ0n) is 12.7. The van der Waals surface area contributed by atoms with E-state index in [2.05, 4.69) is 5.32 Å².